The van der Waals surface area contributed by atoms with Crippen molar-refractivity contribution in [1.82, 2.24) is 0 Å². The summed E-state index contributed by atoms with van der Waals surface area (Å²) >= 11 is 0. The van der Waals surface area contributed by atoms with Crippen molar-refractivity contribution in [2.24, 2.45) is 0 Å². The average Bonchev–Trinajstić information content (AvgIpc) is 2.46. The summed E-state index contributed by atoms with van der Waals surface area (Å²) in [4.78, 5) is 0. The first-order chi connectivity index (χ1) is 9.35. The van der Waals surface area contributed by atoms with E-state index in [2.05, 4.69) is 60.7 Å². The molecule has 0 aliphatic rings. The third-order valence-corrected chi connectivity index (χ3v) is 3.39. The van der Waals surface area contributed by atoms with Gasteiger partial charge in [-0.1, -0.05) is 60.7 Å². The maximum absolute atomic E-state index is 7.12. The van der Waals surface area contributed by atoms with Crippen LogP contribution >= 0.6 is 0 Å². The van der Waals surface area contributed by atoms with Gasteiger partial charge in [-0.05, 0) is 32.3 Å². The quantitative estimate of drug-likeness (QED) is 0.371. The summed E-state index contributed by atoms with van der Waals surface area (Å²) in [7, 11) is -0.750. The van der Waals surface area contributed by atoms with Crippen molar-refractivity contribution in [2.45, 2.75) is 0 Å². The average molecular weight is 248 g/mol. The highest BCUT2D eigenvalue weighted by molar-refractivity contribution is 6.22. The van der Waals surface area contributed by atoms with Crippen LogP contribution in [0.4, 0.5) is 0 Å². The molecule has 0 radical (unpaired) electrons. The van der Waals surface area contributed by atoms with Crippen LogP contribution in [-0.4, -0.2) is 17.7 Å². The van der Waals surface area contributed by atoms with E-state index in [9.17, 15) is 0 Å². The Morgan fingerprint density at radius 3 is 1.05 bits per heavy atom. The fourth-order valence-corrected chi connectivity index (χ4v) is 2.67. The zero-order chi connectivity index (χ0) is 13.2. The van der Waals surface area contributed by atoms with E-state index in [-0.39, 0.29) is 0 Å². The molecular weight excluding hydrogens is 235 g/mol. The molecule has 0 amide bonds. The van der Waals surface area contributed by atoms with Gasteiger partial charge in [0, 0.05) is 0 Å². The first-order valence-corrected chi connectivity index (χ1v) is 6.19. The van der Waals surface area contributed by atoms with Gasteiger partial charge >= 0.3 is 7.69 Å². The molecule has 0 spiro atoms. The highest BCUT2D eigenvalue weighted by Gasteiger charge is 2.05. The molecule has 4 aromatic rings. The van der Waals surface area contributed by atoms with E-state index >= 15 is 0 Å². The van der Waals surface area contributed by atoms with Gasteiger partial charge in [0.1, 0.15) is 0 Å². The molecule has 0 aliphatic carbocycles. The zero-order valence-electron chi connectivity index (χ0n) is 10.4. The van der Waals surface area contributed by atoms with Crippen molar-refractivity contribution < 1.29 is 10.0 Å². The fourth-order valence-electron chi connectivity index (χ4n) is 2.67. The molecule has 0 aliphatic heterocycles. The number of benzene rings is 4. The van der Waals surface area contributed by atoms with E-state index in [0.29, 0.717) is 0 Å². The molecule has 0 saturated heterocycles. The normalized spacial score (nSPS) is 10.6. The van der Waals surface area contributed by atoms with Gasteiger partial charge in [-0.2, -0.15) is 0 Å². The molecule has 92 valence electrons. The maximum atomic E-state index is 7.12. The Bertz CT molecular complexity index is 697. The zero-order valence-corrected chi connectivity index (χ0v) is 10.4. The predicted octanol–water partition coefficient (Wildman–Crippen LogP) is 2.82. The van der Waals surface area contributed by atoms with Crippen molar-refractivity contribution in [1.29, 1.82) is 0 Å². The van der Waals surface area contributed by atoms with Gasteiger partial charge in [-0.15, -0.1) is 0 Å². The Balaban J connectivity index is 0.000000339. The first-order valence-electron chi connectivity index (χ1n) is 6.19. The van der Waals surface area contributed by atoms with E-state index in [1.54, 1.807) is 0 Å². The Morgan fingerprint density at radius 2 is 0.789 bits per heavy atom. The van der Waals surface area contributed by atoms with E-state index in [4.69, 9.17) is 10.0 Å². The lowest BCUT2D eigenvalue weighted by molar-refractivity contribution is 0.448. The lowest BCUT2D eigenvalue weighted by Gasteiger charge is -2.09. The Labute approximate surface area is 111 Å². The highest BCUT2D eigenvalue weighted by Crippen LogP contribution is 2.33. The number of hydrogen-bond acceptors (Lipinski definition) is 2. The minimum atomic E-state index is -0.750. The van der Waals surface area contributed by atoms with Gasteiger partial charge in [0.25, 0.3) is 0 Å². The van der Waals surface area contributed by atoms with Crippen LogP contribution in [0.5, 0.6) is 0 Å². The molecule has 0 unspecified atom stereocenters. The van der Waals surface area contributed by atoms with Crippen molar-refractivity contribution in [3.8, 4) is 0 Å². The van der Waals surface area contributed by atoms with Gasteiger partial charge in [-0.3, -0.25) is 0 Å². The minimum absolute atomic E-state index is 0.750. The predicted molar refractivity (Wildman–Crippen MR) is 81.7 cm³/mol. The van der Waals surface area contributed by atoms with Crippen LogP contribution in [0, 0.1) is 0 Å². The van der Waals surface area contributed by atoms with Crippen LogP contribution in [0.2, 0.25) is 0 Å². The summed E-state index contributed by atoms with van der Waals surface area (Å²) in [6.07, 6.45) is 0. The number of rotatable bonds is 0. The Hall–Kier alpha value is -2.10. The van der Waals surface area contributed by atoms with E-state index in [1.165, 1.54) is 32.3 Å². The van der Waals surface area contributed by atoms with Crippen molar-refractivity contribution in [3.63, 3.8) is 0 Å². The second kappa shape index (κ2) is 4.88. The van der Waals surface area contributed by atoms with Crippen LogP contribution in [0.3, 0.4) is 0 Å². The van der Waals surface area contributed by atoms with Crippen LogP contribution in [0.15, 0.2) is 60.7 Å². The smallest absolute Gasteiger partial charge is 0.430 e. The van der Waals surface area contributed by atoms with Gasteiger partial charge in [0.05, 0.1) is 0 Å². The van der Waals surface area contributed by atoms with Crippen LogP contribution < -0.4 is 0 Å². The van der Waals surface area contributed by atoms with Gasteiger partial charge < -0.3 is 10.0 Å². The fraction of sp³-hybridized carbons (Fsp3) is 0. The third kappa shape index (κ3) is 1.93. The Morgan fingerprint density at radius 1 is 0.526 bits per heavy atom. The first kappa shape index (κ1) is 12.0. The van der Waals surface area contributed by atoms with Gasteiger partial charge in [0.15, 0.2) is 0 Å². The van der Waals surface area contributed by atoms with Crippen LogP contribution in [0.1, 0.15) is 0 Å². The summed E-state index contributed by atoms with van der Waals surface area (Å²) in [5, 5.41) is 22.4. The van der Waals surface area contributed by atoms with Crippen LogP contribution in [0.25, 0.3) is 32.3 Å². The highest BCUT2D eigenvalue weighted by atomic mass is 16.4. The molecule has 0 atom stereocenters. The second-order valence-electron chi connectivity index (χ2n) is 4.43. The summed E-state index contributed by atoms with van der Waals surface area (Å²) in [6.45, 7) is 0. The second-order valence-corrected chi connectivity index (χ2v) is 4.43. The standard InChI is InChI=1S/C16H10.BH3O2/c1-3-11-7-9-13-5-2-6-14-10-8-12(4-1)15(11)16(13)14;2-1-3/h1-10H;1-3H. The maximum Gasteiger partial charge on any atom is 0.432 e. The Kier molecular flexibility index (Phi) is 3.07. The minimum Gasteiger partial charge on any atom is -0.430 e. The van der Waals surface area contributed by atoms with Crippen molar-refractivity contribution in [2.75, 3.05) is 0 Å². The van der Waals surface area contributed by atoms with E-state index < -0.39 is 7.69 Å². The molecule has 2 nitrogen and oxygen atoms in total. The molecule has 0 bridgehead atoms. The largest absolute Gasteiger partial charge is 0.432 e. The molecule has 0 saturated carbocycles. The molecule has 4 rings (SSSR count). The molecule has 0 fully saturated rings. The molecule has 19 heavy (non-hydrogen) atoms. The number of hydrogen-bond donors (Lipinski definition) is 2. The molecule has 3 heteroatoms. The molecule has 0 aromatic heterocycles. The lowest BCUT2D eigenvalue weighted by Crippen LogP contribution is -1.82. The molecule has 2 N–H and O–H groups in total. The lowest BCUT2D eigenvalue weighted by atomic mass is 9.95. The third-order valence-electron chi connectivity index (χ3n) is 3.39. The summed E-state index contributed by atoms with van der Waals surface area (Å²) < 4.78 is 0. The monoisotopic (exact) mass is 248 g/mol. The van der Waals surface area contributed by atoms with Crippen molar-refractivity contribution in [3.05, 3.63) is 60.7 Å². The summed E-state index contributed by atoms with van der Waals surface area (Å²) in [5.41, 5.74) is 0. The molecule has 4 aromatic carbocycles. The van der Waals surface area contributed by atoms with E-state index in [0.717, 1.165) is 0 Å². The van der Waals surface area contributed by atoms with Crippen LogP contribution in [-0.2, 0) is 0 Å². The molecule has 0 heterocycles. The topological polar surface area (TPSA) is 40.5 Å². The van der Waals surface area contributed by atoms with Crippen molar-refractivity contribution >= 4 is 40.0 Å². The summed E-state index contributed by atoms with van der Waals surface area (Å²) in [6, 6.07) is 21.9. The summed E-state index contributed by atoms with van der Waals surface area (Å²) in [5.74, 6) is 0. The van der Waals surface area contributed by atoms with Gasteiger partial charge in [-0.25, -0.2) is 0 Å². The van der Waals surface area contributed by atoms with Gasteiger partial charge in [0.2, 0.25) is 0 Å². The molecular formula is C16H13BO2. The van der Waals surface area contributed by atoms with E-state index in [1.807, 2.05) is 0 Å². The SMILES string of the molecule is OBO.c1cc2ccc3cccc4ccc(c1)c2c34.